The first kappa shape index (κ1) is 11.5. The molecule has 3 rings (SSSR count). The smallest absolute Gasteiger partial charge is 0.345 e. The van der Waals surface area contributed by atoms with Crippen LogP contribution in [0.25, 0.3) is 0 Å². The monoisotopic (exact) mass is 249 g/mol. The van der Waals surface area contributed by atoms with Gasteiger partial charge in [0.1, 0.15) is 11.2 Å². The maximum Gasteiger partial charge on any atom is 0.345 e. The number of fused-ring (bicyclic) bond motifs is 2. The van der Waals surface area contributed by atoms with E-state index < -0.39 is 17.2 Å². The molecule has 1 saturated carbocycles. The van der Waals surface area contributed by atoms with Gasteiger partial charge in [0.15, 0.2) is 12.4 Å². The summed E-state index contributed by atoms with van der Waals surface area (Å²) in [5.74, 6) is -0.434. The second kappa shape index (κ2) is 3.45. The summed E-state index contributed by atoms with van der Waals surface area (Å²) in [5.41, 5.74) is -0.180. The van der Waals surface area contributed by atoms with E-state index in [0.717, 1.165) is 5.56 Å². The van der Waals surface area contributed by atoms with Crippen LogP contribution in [0.4, 0.5) is 0 Å². The number of carbonyl (C=O) groups is 1. The van der Waals surface area contributed by atoms with Gasteiger partial charge in [-0.25, -0.2) is 4.79 Å². The molecule has 1 aliphatic carbocycles. The van der Waals surface area contributed by atoms with Crippen LogP contribution in [0.5, 0.6) is 0 Å². The van der Waals surface area contributed by atoms with Gasteiger partial charge in [0, 0.05) is 11.6 Å². The number of pyridine rings is 1. The zero-order valence-electron chi connectivity index (χ0n) is 10.2. The molecule has 18 heavy (non-hydrogen) atoms. The van der Waals surface area contributed by atoms with Crippen LogP contribution >= 0.6 is 0 Å². The number of aromatic nitrogens is 1. The first-order valence-electron chi connectivity index (χ1n) is 6.11. The number of esters is 1. The van der Waals surface area contributed by atoms with Crippen LogP contribution in [0, 0.1) is 5.21 Å². The molecule has 2 aliphatic rings. The van der Waals surface area contributed by atoms with Gasteiger partial charge in [-0.2, -0.15) is 4.73 Å². The summed E-state index contributed by atoms with van der Waals surface area (Å²) >= 11 is 0. The Kier molecular flexibility index (Phi) is 2.20. The van der Waals surface area contributed by atoms with Crippen molar-refractivity contribution >= 4 is 5.97 Å². The van der Waals surface area contributed by atoms with Crippen LogP contribution in [0.1, 0.15) is 48.5 Å². The molecule has 0 saturated heterocycles. The summed E-state index contributed by atoms with van der Waals surface area (Å²) in [7, 11) is 0. The number of rotatable bonds is 0. The predicted octanol–water partition coefficient (Wildman–Crippen LogP) is 1.01. The molecule has 5 heteroatoms. The molecule has 0 radical (unpaired) electrons. The van der Waals surface area contributed by atoms with Gasteiger partial charge in [0.05, 0.1) is 5.60 Å². The van der Waals surface area contributed by atoms with Crippen LogP contribution in [0.3, 0.4) is 0 Å². The Hall–Kier alpha value is -1.62. The lowest BCUT2D eigenvalue weighted by atomic mass is 9.74. The van der Waals surface area contributed by atoms with Crippen LogP contribution in [-0.4, -0.2) is 16.7 Å². The van der Waals surface area contributed by atoms with Gasteiger partial charge in [0.25, 0.3) is 0 Å². The van der Waals surface area contributed by atoms with E-state index in [-0.39, 0.29) is 0 Å². The molecular weight excluding hydrogens is 234 g/mol. The van der Waals surface area contributed by atoms with Crippen LogP contribution in [0.15, 0.2) is 18.5 Å². The number of ether oxygens (including phenoxy) is 1. The molecule has 1 N–H and O–H groups in total. The molecule has 0 atom stereocenters. The first-order chi connectivity index (χ1) is 8.42. The Morgan fingerprint density at radius 2 is 2.06 bits per heavy atom. The number of carbonyl (C=O) groups excluding carboxylic acids is 1. The molecule has 0 bridgehead atoms. The largest absolute Gasteiger partial charge is 0.619 e. The number of hydrogen-bond acceptors (Lipinski definition) is 4. The first-order valence-corrected chi connectivity index (χ1v) is 6.11. The summed E-state index contributed by atoms with van der Waals surface area (Å²) in [6.45, 7) is 1.80. The van der Waals surface area contributed by atoms with Crippen LogP contribution in [-0.2, 0) is 10.3 Å². The molecule has 0 aromatic carbocycles. The highest BCUT2D eigenvalue weighted by Crippen LogP contribution is 2.48. The predicted molar refractivity (Wildman–Crippen MR) is 61.6 cm³/mol. The van der Waals surface area contributed by atoms with Crippen molar-refractivity contribution in [3.63, 3.8) is 0 Å². The number of nitrogens with zero attached hydrogens (tertiary/aromatic N) is 1. The molecule has 1 aliphatic heterocycles. The highest BCUT2D eigenvalue weighted by molar-refractivity contribution is 5.94. The second-order valence-corrected chi connectivity index (χ2v) is 5.51. The Morgan fingerprint density at radius 1 is 1.39 bits per heavy atom. The SMILES string of the molecule is CC1(O)CCC2(CC1)OC(=O)c1c[n+]([O-])ccc12. The standard InChI is InChI=1S/C13H15NO4/c1-12(16)3-5-13(6-4-12)10-2-7-14(17)8-9(10)11(15)18-13/h2,7-8,16H,3-6H2,1H3. The van der Waals surface area contributed by atoms with Gasteiger partial charge in [0.2, 0.25) is 0 Å². The van der Waals surface area contributed by atoms with E-state index in [0.29, 0.717) is 36.0 Å². The third-order valence-electron chi connectivity index (χ3n) is 4.07. The lowest BCUT2D eigenvalue weighted by molar-refractivity contribution is -0.605. The van der Waals surface area contributed by atoms with Gasteiger partial charge >= 0.3 is 5.97 Å². The van der Waals surface area contributed by atoms with Crippen molar-refractivity contribution < 1.29 is 19.4 Å². The minimum atomic E-state index is -0.687. The van der Waals surface area contributed by atoms with Crippen molar-refractivity contribution in [3.8, 4) is 0 Å². The molecule has 1 aromatic heterocycles. The molecule has 0 unspecified atom stereocenters. The van der Waals surface area contributed by atoms with Crippen molar-refractivity contribution in [1.82, 2.24) is 0 Å². The maximum absolute atomic E-state index is 11.8. The molecular formula is C13H15NO4. The summed E-state index contributed by atoms with van der Waals surface area (Å²) in [5, 5.41) is 21.2. The Bertz CT molecular complexity index is 514. The Labute approximate surface area is 105 Å². The third kappa shape index (κ3) is 1.58. The third-order valence-corrected chi connectivity index (χ3v) is 4.07. The molecule has 1 spiro atoms. The molecule has 1 aromatic rings. The topological polar surface area (TPSA) is 73.5 Å². The fourth-order valence-electron chi connectivity index (χ4n) is 2.89. The summed E-state index contributed by atoms with van der Waals surface area (Å²) < 4.78 is 6.12. The van der Waals surface area contributed by atoms with E-state index in [1.54, 1.807) is 13.0 Å². The Balaban J connectivity index is 2.01. The maximum atomic E-state index is 11.8. The molecule has 0 amide bonds. The van der Waals surface area contributed by atoms with Gasteiger partial charge in [-0.1, -0.05) is 0 Å². The quantitative estimate of drug-likeness (QED) is 0.423. The number of hydrogen-bond donors (Lipinski definition) is 1. The lowest BCUT2D eigenvalue weighted by Crippen LogP contribution is -2.39. The van der Waals surface area contributed by atoms with E-state index in [4.69, 9.17) is 4.74 Å². The highest BCUT2D eigenvalue weighted by Gasteiger charge is 2.50. The minimum absolute atomic E-state index is 0.356. The van der Waals surface area contributed by atoms with Crippen LogP contribution < -0.4 is 4.73 Å². The van der Waals surface area contributed by atoms with Crippen LogP contribution in [0.2, 0.25) is 0 Å². The van der Waals surface area contributed by atoms with E-state index >= 15 is 0 Å². The molecule has 96 valence electrons. The van der Waals surface area contributed by atoms with Crippen molar-refractivity contribution in [3.05, 3.63) is 34.8 Å². The van der Waals surface area contributed by atoms with Gasteiger partial charge < -0.3 is 15.1 Å². The van der Waals surface area contributed by atoms with Gasteiger partial charge in [-0.05, 0) is 32.6 Å². The van der Waals surface area contributed by atoms with E-state index in [9.17, 15) is 15.1 Å². The van der Waals surface area contributed by atoms with Crippen molar-refractivity contribution in [2.24, 2.45) is 0 Å². The second-order valence-electron chi connectivity index (χ2n) is 5.51. The van der Waals surface area contributed by atoms with Crippen molar-refractivity contribution in [2.45, 2.75) is 43.8 Å². The van der Waals surface area contributed by atoms with Gasteiger partial charge in [-0.15, -0.1) is 0 Å². The molecule has 5 nitrogen and oxygen atoms in total. The molecule has 2 heterocycles. The van der Waals surface area contributed by atoms with E-state index in [1.165, 1.54) is 12.4 Å². The van der Waals surface area contributed by atoms with E-state index in [2.05, 4.69) is 0 Å². The minimum Gasteiger partial charge on any atom is -0.619 e. The van der Waals surface area contributed by atoms with Crippen molar-refractivity contribution in [1.29, 1.82) is 0 Å². The zero-order valence-corrected chi connectivity index (χ0v) is 10.2. The fraction of sp³-hybridized carbons (Fsp3) is 0.538. The average molecular weight is 249 g/mol. The normalized spacial score (nSPS) is 34.4. The van der Waals surface area contributed by atoms with Crippen molar-refractivity contribution in [2.75, 3.05) is 0 Å². The lowest BCUT2D eigenvalue weighted by Gasteiger charge is -2.39. The summed E-state index contributed by atoms with van der Waals surface area (Å²) in [6, 6.07) is 1.66. The average Bonchev–Trinajstić information content (AvgIpc) is 2.57. The summed E-state index contributed by atoms with van der Waals surface area (Å²) in [6.07, 6.45) is 5.02. The zero-order chi connectivity index (χ0) is 13.0. The summed E-state index contributed by atoms with van der Waals surface area (Å²) in [4.78, 5) is 11.8. The number of aliphatic hydroxyl groups is 1. The van der Waals surface area contributed by atoms with E-state index in [1.807, 2.05) is 0 Å². The highest BCUT2D eigenvalue weighted by atomic mass is 16.6. The fourth-order valence-corrected chi connectivity index (χ4v) is 2.89. The molecule has 1 fully saturated rings. The van der Waals surface area contributed by atoms with Gasteiger partial charge in [-0.3, -0.25) is 0 Å². The Morgan fingerprint density at radius 3 is 2.72 bits per heavy atom.